The Bertz CT molecular complexity index is 855. The van der Waals surface area contributed by atoms with E-state index in [4.69, 9.17) is 16.5 Å². The van der Waals surface area contributed by atoms with Gasteiger partial charge in [0.2, 0.25) is 11.9 Å². The van der Waals surface area contributed by atoms with Crippen LogP contribution in [0.3, 0.4) is 0 Å². The van der Waals surface area contributed by atoms with Gasteiger partial charge >= 0.3 is 0 Å². The predicted molar refractivity (Wildman–Crippen MR) is 97.0 cm³/mol. The van der Waals surface area contributed by atoms with Crippen LogP contribution < -0.4 is 16.4 Å². The van der Waals surface area contributed by atoms with Crippen LogP contribution in [0.1, 0.15) is 37.9 Å². The molecule has 1 saturated carbocycles. The fraction of sp³-hybridized carbons (Fsp3) is 0.471. The molecule has 7 heteroatoms. The molecule has 0 radical (unpaired) electrons. The average Bonchev–Trinajstić information content (AvgIpc) is 2.81. The van der Waals surface area contributed by atoms with Crippen molar-refractivity contribution < 1.29 is 0 Å². The predicted octanol–water partition coefficient (Wildman–Crippen LogP) is 1.99. The lowest BCUT2D eigenvalue weighted by Crippen LogP contribution is -2.58. The standard InChI is InChI=1S/C17H23N7/c1-11-20-13-10-12(6-7-14(13)23(11)2)24-16(19)21-15(18)22-17(24)8-4-3-5-9-17/h6-7,10H,3-5,8-9H2,1-2H3,(H4,18,19,21,22). The maximum absolute atomic E-state index is 6.28. The van der Waals surface area contributed by atoms with Gasteiger partial charge in [0.25, 0.3) is 0 Å². The first-order chi connectivity index (χ1) is 11.5. The Kier molecular flexibility index (Phi) is 3.26. The van der Waals surface area contributed by atoms with Crippen LogP contribution >= 0.6 is 0 Å². The van der Waals surface area contributed by atoms with Gasteiger partial charge in [-0.3, -0.25) is 4.90 Å². The zero-order chi connectivity index (χ0) is 16.9. The lowest BCUT2D eigenvalue weighted by molar-refractivity contribution is 0.305. The Morgan fingerprint density at radius 3 is 2.62 bits per heavy atom. The molecule has 4 rings (SSSR count). The largest absolute Gasteiger partial charge is 0.369 e. The van der Waals surface area contributed by atoms with E-state index in [2.05, 4.69) is 32.7 Å². The van der Waals surface area contributed by atoms with E-state index < -0.39 is 5.66 Å². The molecule has 4 N–H and O–H groups in total. The fourth-order valence-corrected chi connectivity index (χ4v) is 3.94. The van der Waals surface area contributed by atoms with Gasteiger partial charge < -0.3 is 16.0 Å². The van der Waals surface area contributed by atoms with E-state index in [0.29, 0.717) is 5.96 Å². The van der Waals surface area contributed by atoms with Gasteiger partial charge in [-0.15, -0.1) is 0 Å². The number of hydrogen-bond donors (Lipinski definition) is 2. The van der Waals surface area contributed by atoms with Crippen molar-refractivity contribution >= 4 is 28.6 Å². The number of fused-ring (bicyclic) bond motifs is 1. The molecule has 1 spiro atoms. The molecule has 0 amide bonds. The number of imidazole rings is 1. The molecule has 2 aliphatic rings. The van der Waals surface area contributed by atoms with Crippen molar-refractivity contribution in [2.24, 2.45) is 28.5 Å². The number of rotatable bonds is 1. The minimum absolute atomic E-state index is 0.278. The number of benzene rings is 1. The minimum Gasteiger partial charge on any atom is -0.369 e. The summed E-state index contributed by atoms with van der Waals surface area (Å²) in [6.07, 6.45) is 5.32. The zero-order valence-electron chi connectivity index (χ0n) is 14.2. The fourth-order valence-electron chi connectivity index (χ4n) is 3.94. The molecule has 24 heavy (non-hydrogen) atoms. The van der Waals surface area contributed by atoms with Gasteiger partial charge in [0, 0.05) is 12.7 Å². The van der Waals surface area contributed by atoms with Crippen molar-refractivity contribution in [2.45, 2.75) is 44.7 Å². The number of aromatic nitrogens is 2. The highest BCUT2D eigenvalue weighted by Crippen LogP contribution is 2.40. The number of guanidine groups is 2. The molecule has 0 atom stereocenters. The van der Waals surface area contributed by atoms with Crippen LogP contribution in [0, 0.1) is 6.92 Å². The van der Waals surface area contributed by atoms with Crippen LogP contribution in [0.15, 0.2) is 28.2 Å². The Balaban J connectivity index is 1.85. The van der Waals surface area contributed by atoms with Gasteiger partial charge in [-0.05, 0) is 50.8 Å². The summed E-state index contributed by atoms with van der Waals surface area (Å²) >= 11 is 0. The number of nitrogens with zero attached hydrogens (tertiary/aromatic N) is 5. The highest BCUT2D eigenvalue weighted by molar-refractivity contribution is 6.06. The Morgan fingerprint density at radius 2 is 1.88 bits per heavy atom. The lowest BCUT2D eigenvalue weighted by atomic mass is 9.87. The van der Waals surface area contributed by atoms with Crippen molar-refractivity contribution in [3.63, 3.8) is 0 Å². The van der Waals surface area contributed by atoms with Gasteiger partial charge in [0.15, 0.2) is 0 Å². The monoisotopic (exact) mass is 325 g/mol. The third kappa shape index (κ3) is 2.15. The maximum atomic E-state index is 6.28. The summed E-state index contributed by atoms with van der Waals surface area (Å²) in [5, 5.41) is 0. The summed E-state index contributed by atoms with van der Waals surface area (Å²) in [4.78, 5) is 15.6. The van der Waals surface area contributed by atoms with Crippen LogP contribution in [-0.2, 0) is 7.05 Å². The normalized spacial score (nSPS) is 20.3. The molecular formula is C17H23N7. The second-order valence-corrected chi connectivity index (χ2v) is 6.71. The molecule has 1 aliphatic carbocycles. The first-order valence-electron chi connectivity index (χ1n) is 8.43. The van der Waals surface area contributed by atoms with Crippen molar-refractivity contribution in [2.75, 3.05) is 4.90 Å². The van der Waals surface area contributed by atoms with Crippen LogP contribution in [-0.4, -0.2) is 27.1 Å². The first-order valence-corrected chi connectivity index (χ1v) is 8.43. The van der Waals surface area contributed by atoms with Crippen LogP contribution in [0.25, 0.3) is 11.0 Å². The number of anilines is 1. The third-order valence-corrected chi connectivity index (χ3v) is 5.20. The lowest BCUT2D eigenvalue weighted by Gasteiger charge is -2.45. The van der Waals surface area contributed by atoms with E-state index in [9.17, 15) is 0 Å². The summed E-state index contributed by atoms with van der Waals surface area (Å²) in [5.41, 5.74) is 14.8. The molecular weight excluding hydrogens is 302 g/mol. The maximum Gasteiger partial charge on any atom is 0.220 e. The SMILES string of the molecule is Cc1nc2cc(N3C(N)=NC(N)=NC34CCCCC4)ccc2n1C. The molecule has 2 aromatic rings. The quantitative estimate of drug-likeness (QED) is 0.837. The second kappa shape index (κ2) is 5.22. The van der Waals surface area contributed by atoms with Crippen LogP contribution in [0.2, 0.25) is 0 Å². The van der Waals surface area contributed by atoms with E-state index in [1.165, 1.54) is 6.42 Å². The summed E-state index contributed by atoms with van der Waals surface area (Å²) in [7, 11) is 2.02. The molecule has 1 aliphatic heterocycles. The van der Waals surface area contributed by atoms with Crippen LogP contribution in [0.4, 0.5) is 5.69 Å². The molecule has 2 heterocycles. The molecule has 126 valence electrons. The number of aryl methyl sites for hydroxylation is 2. The average molecular weight is 325 g/mol. The van der Waals surface area contributed by atoms with Gasteiger partial charge in [0.05, 0.1) is 11.0 Å². The zero-order valence-corrected chi connectivity index (χ0v) is 14.2. The van der Waals surface area contributed by atoms with Crippen molar-refractivity contribution in [1.82, 2.24) is 9.55 Å². The van der Waals surface area contributed by atoms with E-state index in [1.54, 1.807) is 0 Å². The second-order valence-electron chi connectivity index (χ2n) is 6.71. The third-order valence-electron chi connectivity index (χ3n) is 5.20. The molecule has 0 bridgehead atoms. The summed E-state index contributed by atoms with van der Waals surface area (Å²) in [5.74, 6) is 1.67. The minimum atomic E-state index is -0.411. The molecule has 1 aromatic carbocycles. The molecule has 1 aromatic heterocycles. The highest BCUT2D eigenvalue weighted by Gasteiger charge is 2.42. The summed E-state index contributed by atoms with van der Waals surface area (Å²) in [6.45, 7) is 2.00. The molecule has 0 saturated heterocycles. The molecule has 1 fully saturated rings. The Hall–Kier alpha value is -2.57. The summed E-state index contributed by atoms with van der Waals surface area (Å²) < 4.78 is 2.08. The molecule has 7 nitrogen and oxygen atoms in total. The van der Waals surface area contributed by atoms with Crippen molar-refractivity contribution in [1.29, 1.82) is 0 Å². The van der Waals surface area contributed by atoms with E-state index in [-0.39, 0.29) is 5.96 Å². The van der Waals surface area contributed by atoms with E-state index in [1.807, 2.05) is 18.9 Å². The van der Waals surface area contributed by atoms with Crippen molar-refractivity contribution in [3.05, 3.63) is 24.0 Å². The highest BCUT2D eigenvalue weighted by atomic mass is 15.4. The van der Waals surface area contributed by atoms with E-state index >= 15 is 0 Å². The van der Waals surface area contributed by atoms with E-state index in [0.717, 1.165) is 48.2 Å². The number of nitrogens with two attached hydrogens (primary N) is 2. The van der Waals surface area contributed by atoms with Crippen molar-refractivity contribution in [3.8, 4) is 0 Å². The topological polar surface area (TPSA) is 97.8 Å². The Labute approximate surface area is 141 Å². The Morgan fingerprint density at radius 1 is 1.12 bits per heavy atom. The van der Waals surface area contributed by atoms with Crippen LogP contribution in [0.5, 0.6) is 0 Å². The summed E-state index contributed by atoms with van der Waals surface area (Å²) in [6, 6.07) is 6.22. The number of aliphatic imine (C=N–C) groups is 2. The van der Waals surface area contributed by atoms with Gasteiger partial charge in [-0.25, -0.2) is 9.98 Å². The van der Waals surface area contributed by atoms with Gasteiger partial charge in [-0.2, -0.15) is 4.99 Å². The van der Waals surface area contributed by atoms with Gasteiger partial charge in [-0.1, -0.05) is 6.42 Å². The smallest absolute Gasteiger partial charge is 0.220 e. The number of hydrogen-bond acceptors (Lipinski definition) is 6. The van der Waals surface area contributed by atoms with Gasteiger partial charge in [0.1, 0.15) is 11.5 Å². The first kappa shape index (κ1) is 15.0. The molecule has 0 unspecified atom stereocenters.